The van der Waals surface area contributed by atoms with Crippen LogP contribution in [0.5, 0.6) is 0 Å². The molecular weight excluding hydrogens is 230 g/mol. The Morgan fingerprint density at radius 1 is 1.27 bits per heavy atom. The monoisotopic (exact) mass is 236 g/mol. The zero-order valence-corrected chi connectivity index (χ0v) is 11.0. The third-order valence-corrected chi connectivity index (χ3v) is 6.14. The predicted molar refractivity (Wildman–Crippen MR) is 47.4 cm³/mol. The molecule has 1 aromatic carbocycles. The Morgan fingerprint density at radius 3 is 2.82 bits per heavy atom. The fourth-order valence-electron chi connectivity index (χ4n) is 1.06. The van der Waals surface area contributed by atoms with Crippen molar-refractivity contribution in [3.63, 3.8) is 0 Å². The molecule has 1 heterocycles. The van der Waals surface area contributed by atoms with Gasteiger partial charge in [-0.05, 0) is 0 Å². The average Bonchev–Trinajstić information content (AvgIpc) is 2.46. The zero-order valence-electron chi connectivity index (χ0n) is 6.20. The molecule has 0 saturated carbocycles. The van der Waals surface area contributed by atoms with Crippen molar-refractivity contribution in [2.24, 2.45) is 0 Å². The number of benzene rings is 1. The molecule has 0 spiro atoms. The fraction of sp³-hybridized carbons (Fsp3) is 0. The second-order valence-corrected chi connectivity index (χ2v) is 7.32. The Morgan fingerprint density at radius 2 is 2.09 bits per heavy atom. The molecule has 0 aliphatic carbocycles. The Balaban J connectivity index is 2.69. The van der Waals surface area contributed by atoms with E-state index in [0.717, 1.165) is 51.0 Å². The van der Waals surface area contributed by atoms with Crippen LogP contribution in [0.3, 0.4) is 0 Å². The molecule has 0 aliphatic heterocycles. The van der Waals surface area contributed by atoms with E-state index in [9.17, 15) is 0 Å². The first-order valence-electron chi connectivity index (χ1n) is 3.43. The van der Waals surface area contributed by atoms with Gasteiger partial charge in [-0.1, -0.05) is 0 Å². The van der Waals surface area contributed by atoms with Gasteiger partial charge < -0.3 is 0 Å². The van der Waals surface area contributed by atoms with Gasteiger partial charge in [0.15, 0.2) is 0 Å². The van der Waals surface area contributed by atoms with Gasteiger partial charge in [0.25, 0.3) is 0 Å². The Kier molecular flexibility index (Phi) is 2.90. The van der Waals surface area contributed by atoms with Crippen molar-refractivity contribution < 1.29 is 4.42 Å². The Bertz CT molecular complexity index is 336. The van der Waals surface area contributed by atoms with Gasteiger partial charge in [-0.3, -0.25) is 0 Å². The van der Waals surface area contributed by atoms with Crippen molar-refractivity contribution in [3.8, 4) is 0 Å². The summed E-state index contributed by atoms with van der Waals surface area (Å²) in [4.78, 5) is 0. The van der Waals surface area contributed by atoms with Gasteiger partial charge >= 0.3 is 101 Å². The summed E-state index contributed by atoms with van der Waals surface area (Å²) < 4.78 is 6.80. The molecule has 0 fully saturated rings. The molecule has 0 bridgehead atoms. The molecule has 0 unspecified atom stereocenters. The zero-order chi connectivity index (χ0) is 7.68. The van der Waals surface area contributed by atoms with Gasteiger partial charge in [-0.2, -0.15) is 0 Å². The van der Waals surface area contributed by atoms with Crippen molar-refractivity contribution in [2.45, 2.75) is 0 Å². The van der Waals surface area contributed by atoms with E-state index in [-0.39, 0.29) is 0 Å². The summed E-state index contributed by atoms with van der Waals surface area (Å²) in [6.07, 6.45) is 0. The number of hydrogen-bond donors (Lipinski definition) is 0. The molecule has 2 aromatic rings. The Labute approximate surface area is 99.3 Å². The number of fused-ring (bicyclic) bond motifs is 1. The van der Waals surface area contributed by atoms with E-state index in [1.807, 2.05) is 18.2 Å². The molecule has 0 amide bonds. The van der Waals surface area contributed by atoms with Gasteiger partial charge in [0.05, 0.1) is 0 Å². The normalized spacial score (nSPS) is 10.7. The van der Waals surface area contributed by atoms with Crippen LogP contribution in [0.4, 0.5) is 0 Å². The van der Waals surface area contributed by atoms with Gasteiger partial charge in [0.1, 0.15) is 0 Å². The molecule has 3 heteroatoms. The van der Waals surface area contributed by atoms with Crippen LogP contribution >= 0.6 is 0 Å². The number of furan rings is 1. The quantitative estimate of drug-likeness (QED) is 0.668. The van der Waals surface area contributed by atoms with E-state index in [4.69, 9.17) is 4.42 Å². The summed E-state index contributed by atoms with van der Waals surface area (Å²) in [5, 5.41) is 1.24. The van der Waals surface area contributed by atoms with Crippen molar-refractivity contribution in [2.75, 3.05) is 0 Å². The SMILES string of the molecule is [K][Se]c1cc2ccccc2o1. The van der Waals surface area contributed by atoms with Gasteiger partial charge in [-0.25, -0.2) is 0 Å². The van der Waals surface area contributed by atoms with Crippen LogP contribution < -0.4 is 4.66 Å². The molecule has 0 saturated heterocycles. The van der Waals surface area contributed by atoms with E-state index < -0.39 is 0 Å². The number of hydrogen-bond acceptors (Lipinski definition) is 1. The first-order chi connectivity index (χ1) is 5.40. The second kappa shape index (κ2) is 3.75. The fourth-order valence-corrected chi connectivity index (χ4v) is 3.57. The molecule has 0 radical (unpaired) electrons. The van der Waals surface area contributed by atoms with Crippen LogP contribution in [0.1, 0.15) is 0 Å². The molecule has 0 N–H and O–H groups in total. The van der Waals surface area contributed by atoms with Crippen LogP contribution in [-0.2, 0) is 0 Å². The molecule has 2 rings (SSSR count). The third-order valence-electron chi connectivity index (χ3n) is 1.60. The molecule has 11 heavy (non-hydrogen) atoms. The average molecular weight is 235 g/mol. The molecule has 50 valence electrons. The first-order valence-corrected chi connectivity index (χ1v) is 12.6. The summed E-state index contributed by atoms with van der Waals surface area (Å²) in [7, 11) is 0. The van der Waals surface area contributed by atoms with E-state index in [1.165, 1.54) is 10.0 Å². The molecule has 0 atom stereocenters. The van der Waals surface area contributed by atoms with Crippen molar-refractivity contribution in [1.82, 2.24) is 0 Å². The van der Waals surface area contributed by atoms with Crippen LogP contribution in [0.15, 0.2) is 34.7 Å². The Hall–Kier alpha value is 0.916. The van der Waals surface area contributed by atoms with Crippen LogP contribution in [-0.4, -0.2) is 51.0 Å². The minimum absolute atomic E-state index is 0.659. The van der Waals surface area contributed by atoms with Crippen molar-refractivity contribution in [3.05, 3.63) is 30.3 Å². The summed E-state index contributed by atoms with van der Waals surface area (Å²) in [6.45, 7) is 0. The van der Waals surface area contributed by atoms with E-state index in [1.54, 1.807) is 0 Å². The second-order valence-electron chi connectivity index (χ2n) is 2.31. The van der Waals surface area contributed by atoms with Gasteiger partial charge in [0.2, 0.25) is 0 Å². The molecule has 1 nitrogen and oxygen atoms in total. The van der Waals surface area contributed by atoms with Gasteiger partial charge in [-0.15, -0.1) is 0 Å². The minimum atomic E-state index is 0.659. The summed E-state index contributed by atoms with van der Waals surface area (Å²) in [5.74, 6) is 0. The standard InChI is InChI=1S/C8H6OSe.K/c10-8-5-6-3-1-2-4-7(6)9-8;/h1-5,10H;/q;+1/p-1. The van der Waals surface area contributed by atoms with Crippen LogP contribution in [0, 0.1) is 0 Å². The van der Waals surface area contributed by atoms with E-state index in [2.05, 4.69) is 12.1 Å². The topological polar surface area (TPSA) is 13.1 Å². The maximum atomic E-state index is 5.59. The number of para-hydroxylation sites is 1. The summed E-state index contributed by atoms with van der Waals surface area (Å²) >= 11 is 0.911. The first kappa shape index (κ1) is 8.51. The number of rotatable bonds is 1. The molecular formula is C8H5KOSe. The van der Waals surface area contributed by atoms with Crippen molar-refractivity contribution >= 4 is 66.6 Å². The predicted octanol–water partition coefficient (Wildman–Crippen LogP) is 0.846. The summed E-state index contributed by atoms with van der Waals surface area (Å²) in [5.41, 5.74) is 1.69. The van der Waals surface area contributed by atoms with Crippen molar-refractivity contribution in [1.29, 1.82) is 0 Å². The third kappa shape index (κ3) is 1.81. The van der Waals surface area contributed by atoms with E-state index in [0.29, 0.717) is 5.60 Å². The maximum absolute atomic E-state index is 5.59. The molecule has 1 aromatic heterocycles. The summed E-state index contributed by atoms with van der Waals surface area (Å²) in [6, 6.07) is 10.4. The van der Waals surface area contributed by atoms with E-state index >= 15 is 0 Å². The van der Waals surface area contributed by atoms with Gasteiger partial charge in [0, 0.05) is 0 Å². The molecule has 0 aliphatic rings. The van der Waals surface area contributed by atoms with Crippen LogP contribution in [0.25, 0.3) is 11.0 Å². The van der Waals surface area contributed by atoms with Crippen LogP contribution in [0.2, 0.25) is 0 Å².